The standard InChI is InChI=1S/C12H15N/c13-7-3-4-10-8-11-5-1-2-6-12(11)9-10/h1-6,10H,7-9,13H2. The molecule has 1 aromatic rings. The first-order chi connectivity index (χ1) is 6.40. The van der Waals surface area contributed by atoms with Crippen LogP contribution in [0, 0.1) is 5.92 Å². The highest BCUT2D eigenvalue weighted by molar-refractivity contribution is 5.33. The second-order valence-corrected chi connectivity index (χ2v) is 3.60. The third kappa shape index (κ3) is 1.81. The summed E-state index contributed by atoms with van der Waals surface area (Å²) in [4.78, 5) is 0. The summed E-state index contributed by atoms with van der Waals surface area (Å²) >= 11 is 0. The molecule has 1 nitrogen and oxygen atoms in total. The zero-order valence-electron chi connectivity index (χ0n) is 7.74. The Morgan fingerprint density at radius 2 is 1.85 bits per heavy atom. The van der Waals surface area contributed by atoms with Crippen LogP contribution in [0.15, 0.2) is 36.4 Å². The van der Waals surface area contributed by atoms with Crippen LogP contribution in [0.2, 0.25) is 0 Å². The van der Waals surface area contributed by atoms with Gasteiger partial charge in [0.25, 0.3) is 0 Å². The Morgan fingerprint density at radius 1 is 1.23 bits per heavy atom. The molecule has 0 bridgehead atoms. The lowest BCUT2D eigenvalue weighted by atomic mass is 10.1. The quantitative estimate of drug-likeness (QED) is 0.679. The van der Waals surface area contributed by atoms with Gasteiger partial charge in [0.15, 0.2) is 0 Å². The minimum absolute atomic E-state index is 0.660. The molecule has 0 heterocycles. The minimum atomic E-state index is 0.660. The molecule has 0 amide bonds. The van der Waals surface area contributed by atoms with Crippen LogP contribution in [-0.2, 0) is 12.8 Å². The van der Waals surface area contributed by atoms with E-state index in [4.69, 9.17) is 5.73 Å². The third-order valence-electron chi connectivity index (χ3n) is 2.63. The monoisotopic (exact) mass is 173 g/mol. The van der Waals surface area contributed by atoms with Crippen LogP contribution >= 0.6 is 0 Å². The number of rotatable bonds is 2. The zero-order chi connectivity index (χ0) is 9.10. The van der Waals surface area contributed by atoms with Gasteiger partial charge in [-0.25, -0.2) is 0 Å². The molecule has 1 aliphatic rings. The molecule has 13 heavy (non-hydrogen) atoms. The van der Waals surface area contributed by atoms with Gasteiger partial charge in [-0.05, 0) is 29.9 Å². The first-order valence-electron chi connectivity index (χ1n) is 4.83. The topological polar surface area (TPSA) is 26.0 Å². The lowest BCUT2D eigenvalue weighted by molar-refractivity contribution is 0.702. The molecule has 0 saturated heterocycles. The summed E-state index contributed by atoms with van der Waals surface area (Å²) in [5.74, 6) is 0.681. The summed E-state index contributed by atoms with van der Waals surface area (Å²) in [5.41, 5.74) is 8.44. The molecular formula is C12H15N. The predicted molar refractivity (Wildman–Crippen MR) is 55.5 cm³/mol. The second-order valence-electron chi connectivity index (χ2n) is 3.60. The van der Waals surface area contributed by atoms with Gasteiger partial charge in [0, 0.05) is 6.54 Å². The van der Waals surface area contributed by atoms with E-state index in [2.05, 4.69) is 36.4 Å². The van der Waals surface area contributed by atoms with Gasteiger partial charge in [0.2, 0.25) is 0 Å². The van der Waals surface area contributed by atoms with Crippen LogP contribution < -0.4 is 5.73 Å². The average molecular weight is 173 g/mol. The maximum atomic E-state index is 5.42. The van der Waals surface area contributed by atoms with Crippen molar-refractivity contribution in [3.05, 3.63) is 47.5 Å². The number of hydrogen-bond acceptors (Lipinski definition) is 1. The van der Waals surface area contributed by atoms with Crippen LogP contribution in [0.5, 0.6) is 0 Å². The Kier molecular flexibility index (Phi) is 2.46. The van der Waals surface area contributed by atoms with Crippen LogP contribution in [0.3, 0.4) is 0 Å². The van der Waals surface area contributed by atoms with Crippen molar-refractivity contribution in [2.45, 2.75) is 12.8 Å². The molecule has 0 atom stereocenters. The van der Waals surface area contributed by atoms with E-state index in [-0.39, 0.29) is 0 Å². The number of nitrogens with two attached hydrogens (primary N) is 1. The van der Waals surface area contributed by atoms with Crippen molar-refractivity contribution in [2.24, 2.45) is 11.7 Å². The number of fused-ring (bicyclic) bond motifs is 1. The summed E-state index contributed by atoms with van der Waals surface area (Å²) in [6, 6.07) is 8.69. The average Bonchev–Trinajstić information content (AvgIpc) is 2.57. The fourth-order valence-corrected chi connectivity index (χ4v) is 2.00. The molecule has 2 N–H and O–H groups in total. The Balaban J connectivity index is 2.09. The predicted octanol–water partition coefficient (Wildman–Crippen LogP) is 1.92. The fraction of sp³-hybridized carbons (Fsp3) is 0.333. The van der Waals surface area contributed by atoms with Crippen molar-refractivity contribution in [1.82, 2.24) is 0 Å². The Bertz CT molecular complexity index is 290. The molecule has 0 spiro atoms. The van der Waals surface area contributed by atoms with Crippen LogP contribution in [0.4, 0.5) is 0 Å². The smallest absolute Gasteiger partial charge is 0.0106 e. The molecular weight excluding hydrogens is 158 g/mol. The summed E-state index contributed by atoms with van der Waals surface area (Å²) in [5, 5.41) is 0. The summed E-state index contributed by atoms with van der Waals surface area (Å²) in [6.07, 6.45) is 6.69. The van der Waals surface area contributed by atoms with Crippen molar-refractivity contribution >= 4 is 0 Å². The van der Waals surface area contributed by atoms with E-state index in [1.54, 1.807) is 0 Å². The van der Waals surface area contributed by atoms with Crippen LogP contribution in [0.25, 0.3) is 0 Å². The minimum Gasteiger partial charge on any atom is -0.327 e. The van der Waals surface area contributed by atoms with Crippen molar-refractivity contribution in [2.75, 3.05) is 6.54 Å². The summed E-state index contributed by atoms with van der Waals surface area (Å²) < 4.78 is 0. The lowest BCUT2D eigenvalue weighted by Crippen LogP contribution is -1.98. The van der Waals surface area contributed by atoms with Gasteiger partial charge in [-0.2, -0.15) is 0 Å². The van der Waals surface area contributed by atoms with Gasteiger partial charge in [0.1, 0.15) is 0 Å². The molecule has 68 valence electrons. The van der Waals surface area contributed by atoms with E-state index >= 15 is 0 Å². The number of hydrogen-bond donors (Lipinski definition) is 1. The fourth-order valence-electron chi connectivity index (χ4n) is 2.00. The zero-order valence-corrected chi connectivity index (χ0v) is 7.74. The molecule has 1 heteroatoms. The summed E-state index contributed by atoms with van der Waals surface area (Å²) in [7, 11) is 0. The van der Waals surface area contributed by atoms with E-state index in [0.29, 0.717) is 12.5 Å². The van der Waals surface area contributed by atoms with Crippen molar-refractivity contribution in [1.29, 1.82) is 0 Å². The van der Waals surface area contributed by atoms with Gasteiger partial charge >= 0.3 is 0 Å². The molecule has 0 saturated carbocycles. The molecule has 2 rings (SSSR count). The first-order valence-corrected chi connectivity index (χ1v) is 4.83. The van der Waals surface area contributed by atoms with Gasteiger partial charge in [0.05, 0.1) is 0 Å². The van der Waals surface area contributed by atoms with Crippen LogP contribution in [0.1, 0.15) is 11.1 Å². The van der Waals surface area contributed by atoms with E-state index in [1.165, 1.54) is 24.0 Å². The SMILES string of the molecule is NCC=CC1Cc2ccccc2C1. The maximum absolute atomic E-state index is 5.42. The normalized spacial score (nSPS) is 16.7. The highest BCUT2D eigenvalue weighted by atomic mass is 14.5. The van der Waals surface area contributed by atoms with Gasteiger partial charge in [-0.15, -0.1) is 0 Å². The van der Waals surface area contributed by atoms with Gasteiger partial charge < -0.3 is 5.73 Å². The Morgan fingerprint density at radius 3 is 2.38 bits per heavy atom. The second kappa shape index (κ2) is 3.75. The Labute approximate surface area is 79.3 Å². The maximum Gasteiger partial charge on any atom is 0.0106 e. The van der Waals surface area contributed by atoms with E-state index in [9.17, 15) is 0 Å². The molecule has 1 aliphatic carbocycles. The van der Waals surface area contributed by atoms with Crippen LogP contribution in [-0.4, -0.2) is 6.54 Å². The third-order valence-corrected chi connectivity index (χ3v) is 2.63. The number of benzene rings is 1. The Hall–Kier alpha value is -1.08. The molecule has 0 aliphatic heterocycles. The van der Waals surface area contributed by atoms with E-state index in [1.807, 2.05) is 0 Å². The number of allylic oxidation sites excluding steroid dienone is 1. The lowest BCUT2D eigenvalue weighted by Gasteiger charge is -1.99. The first kappa shape index (κ1) is 8.52. The van der Waals surface area contributed by atoms with E-state index in [0.717, 1.165) is 0 Å². The highest BCUT2D eigenvalue weighted by Gasteiger charge is 2.17. The molecule has 1 aromatic carbocycles. The van der Waals surface area contributed by atoms with Crippen molar-refractivity contribution in [3.8, 4) is 0 Å². The highest BCUT2D eigenvalue weighted by Crippen LogP contribution is 2.26. The van der Waals surface area contributed by atoms with Gasteiger partial charge in [-0.1, -0.05) is 36.4 Å². The summed E-state index contributed by atoms with van der Waals surface area (Å²) in [6.45, 7) is 0.660. The van der Waals surface area contributed by atoms with Gasteiger partial charge in [-0.3, -0.25) is 0 Å². The largest absolute Gasteiger partial charge is 0.327 e. The molecule has 0 radical (unpaired) electrons. The van der Waals surface area contributed by atoms with E-state index < -0.39 is 0 Å². The van der Waals surface area contributed by atoms with Crippen molar-refractivity contribution < 1.29 is 0 Å². The van der Waals surface area contributed by atoms with Crippen molar-refractivity contribution in [3.63, 3.8) is 0 Å². The molecule has 0 unspecified atom stereocenters. The molecule has 0 fully saturated rings. The molecule has 0 aromatic heterocycles.